The van der Waals surface area contributed by atoms with Crippen LogP contribution in [0.3, 0.4) is 0 Å². The number of aliphatic hydroxyl groups excluding tert-OH is 1. The molecule has 18 heavy (non-hydrogen) atoms. The molecule has 1 N–H and O–H groups in total. The Morgan fingerprint density at radius 1 is 1.28 bits per heavy atom. The van der Waals surface area contributed by atoms with Crippen molar-refractivity contribution >= 4 is 5.97 Å². The van der Waals surface area contributed by atoms with Crippen LogP contribution in [0.15, 0.2) is 36.4 Å². The number of hydrogen-bond acceptors (Lipinski definition) is 4. The third kappa shape index (κ3) is 3.89. The van der Waals surface area contributed by atoms with Gasteiger partial charge in [0.15, 0.2) is 0 Å². The molecule has 0 heterocycles. The predicted molar refractivity (Wildman–Crippen MR) is 68.6 cm³/mol. The second-order valence-corrected chi connectivity index (χ2v) is 3.92. The molecule has 4 heteroatoms. The van der Waals surface area contributed by atoms with Gasteiger partial charge in [0.25, 0.3) is 0 Å². The molecule has 98 valence electrons. The number of esters is 1. The standard InChI is InChI=1S/C14H18O4/c1-10(15)13(8-9-14(16)18-3)11-4-6-12(17-2)7-5-11/h4-10,13,15H,1-3H3/b9-8+. The summed E-state index contributed by atoms with van der Waals surface area (Å²) < 4.78 is 9.60. The monoisotopic (exact) mass is 250 g/mol. The van der Waals surface area contributed by atoms with Gasteiger partial charge in [0.05, 0.1) is 20.3 Å². The molecule has 0 aliphatic rings. The molecule has 0 fully saturated rings. The second kappa shape index (κ2) is 6.81. The smallest absolute Gasteiger partial charge is 0.330 e. The maximum atomic E-state index is 11.1. The summed E-state index contributed by atoms with van der Waals surface area (Å²) in [5.41, 5.74) is 0.908. The van der Waals surface area contributed by atoms with Crippen molar-refractivity contribution in [2.45, 2.75) is 18.9 Å². The molecular weight excluding hydrogens is 232 g/mol. The van der Waals surface area contributed by atoms with Gasteiger partial charge in [-0.1, -0.05) is 18.2 Å². The lowest BCUT2D eigenvalue weighted by molar-refractivity contribution is -0.134. The quantitative estimate of drug-likeness (QED) is 0.640. The fourth-order valence-corrected chi connectivity index (χ4v) is 1.63. The molecule has 0 saturated heterocycles. The molecule has 1 rings (SSSR count). The van der Waals surface area contributed by atoms with Crippen LogP contribution in [0.4, 0.5) is 0 Å². The Bertz CT molecular complexity index is 406. The fraction of sp³-hybridized carbons (Fsp3) is 0.357. The van der Waals surface area contributed by atoms with Crippen molar-refractivity contribution in [2.24, 2.45) is 0 Å². The molecule has 4 nitrogen and oxygen atoms in total. The van der Waals surface area contributed by atoms with E-state index in [9.17, 15) is 9.90 Å². The molecule has 0 spiro atoms. The van der Waals surface area contributed by atoms with Crippen LogP contribution < -0.4 is 4.74 Å². The fourth-order valence-electron chi connectivity index (χ4n) is 1.63. The summed E-state index contributed by atoms with van der Waals surface area (Å²) in [6, 6.07) is 7.35. The first kappa shape index (κ1) is 14.3. The Kier molecular flexibility index (Phi) is 5.39. The van der Waals surface area contributed by atoms with Gasteiger partial charge in [-0.2, -0.15) is 0 Å². The van der Waals surface area contributed by atoms with Crippen LogP contribution in [-0.2, 0) is 9.53 Å². The van der Waals surface area contributed by atoms with Crippen molar-refractivity contribution in [1.29, 1.82) is 0 Å². The molecule has 2 unspecified atom stereocenters. The van der Waals surface area contributed by atoms with E-state index in [1.54, 1.807) is 20.1 Å². The van der Waals surface area contributed by atoms with Gasteiger partial charge >= 0.3 is 5.97 Å². The zero-order chi connectivity index (χ0) is 13.5. The second-order valence-electron chi connectivity index (χ2n) is 3.92. The Morgan fingerprint density at radius 2 is 1.89 bits per heavy atom. The first-order valence-corrected chi connectivity index (χ1v) is 5.66. The molecule has 0 aromatic heterocycles. The van der Waals surface area contributed by atoms with E-state index in [1.165, 1.54) is 13.2 Å². The van der Waals surface area contributed by atoms with Gasteiger partial charge in [-0.3, -0.25) is 0 Å². The SMILES string of the molecule is COC(=O)/C=C/C(c1ccc(OC)cc1)C(C)O. The molecule has 0 radical (unpaired) electrons. The number of carbonyl (C=O) groups excluding carboxylic acids is 1. The van der Waals surface area contributed by atoms with Gasteiger partial charge in [-0.15, -0.1) is 0 Å². The van der Waals surface area contributed by atoms with Crippen molar-refractivity contribution in [2.75, 3.05) is 14.2 Å². The summed E-state index contributed by atoms with van der Waals surface area (Å²) in [5.74, 6) is 0.0595. The van der Waals surface area contributed by atoms with Crippen LogP contribution in [0.1, 0.15) is 18.4 Å². The lowest BCUT2D eigenvalue weighted by atomic mass is 9.94. The van der Waals surface area contributed by atoms with Crippen molar-refractivity contribution in [3.8, 4) is 5.75 Å². The molecule has 0 bridgehead atoms. The summed E-state index contributed by atoms with van der Waals surface area (Å²) in [4.78, 5) is 11.1. The molecule has 0 saturated carbocycles. The number of ether oxygens (including phenoxy) is 2. The van der Waals surface area contributed by atoms with E-state index in [4.69, 9.17) is 4.74 Å². The van der Waals surface area contributed by atoms with Crippen LogP contribution >= 0.6 is 0 Å². The number of rotatable bonds is 5. The predicted octanol–water partition coefficient (Wildman–Crippen LogP) is 1.89. The van der Waals surface area contributed by atoms with Crippen LogP contribution in [0.5, 0.6) is 5.75 Å². The molecule has 0 amide bonds. The topological polar surface area (TPSA) is 55.8 Å². The van der Waals surface area contributed by atoms with Crippen molar-refractivity contribution < 1.29 is 19.4 Å². The van der Waals surface area contributed by atoms with Crippen LogP contribution in [0, 0.1) is 0 Å². The van der Waals surface area contributed by atoms with Crippen molar-refractivity contribution in [1.82, 2.24) is 0 Å². The highest BCUT2D eigenvalue weighted by atomic mass is 16.5. The normalized spacial score (nSPS) is 14.2. The number of benzene rings is 1. The van der Waals surface area contributed by atoms with E-state index in [0.29, 0.717) is 0 Å². The first-order chi connectivity index (χ1) is 8.58. The molecule has 1 aromatic rings. The van der Waals surface area contributed by atoms with Gasteiger partial charge < -0.3 is 14.6 Å². The van der Waals surface area contributed by atoms with Gasteiger partial charge in [0.2, 0.25) is 0 Å². The zero-order valence-corrected chi connectivity index (χ0v) is 10.8. The number of methoxy groups -OCH3 is 2. The van der Waals surface area contributed by atoms with E-state index in [2.05, 4.69) is 4.74 Å². The molecule has 0 aliphatic heterocycles. The number of hydrogen-bond donors (Lipinski definition) is 1. The molecule has 0 aliphatic carbocycles. The maximum Gasteiger partial charge on any atom is 0.330 e. The minimum absolute atomic E-state index is 0.255. The lowest BCUT2D eigenvalue weighted by Gasteiger charge is -2.16. The van der Waals surface area contributed by atoms with Crippen LogP contribution in [0.25, 0.3) is 0 Å². The van der Waals surface area contributed by atoms with Crippen molar-refractivity contribution in [3.05, 3.63) is 42.0 Å². The van der Waals surface area contributed by atoms with E-state index >= 15 is 0 Å². The largest absolute Gasteiger partial charge is 0.497 e. The highest BCUT2D eigenvalue weighted by Crippen LogP contribution is 2.23. The summed E-state index contributed by atoms with van der Waals surface area (Å²) in [6.07, 6.45) is 2.36. The van der Waals surface area contributed by atoms with Gasteiger partial charge in [-0.25, -0.2) is 4.79 Å². The summed E-state index contributed by atoms with van der Waals surface area (Å²) >= 11 is 0. The summed E-state index contributed by atoms with van der Waals surface area (Å²) in [5, 5.41) is 9.74. The molecule has 2 atom stereocenters. The van der Waals surface area contributed by atoms with E-state index in [1.807, 2.05) is 24.3 Å². The zero-order valence-electron chi connectivity index (χ0n) is 10.8. The lowest BCUT2D eigenvalue weighted by Crippen LogP contribution is -2.13. The minimum Gasteiger partial charge on any atom is -0.497 e. The number of carbonyl (C=O) groups is 1. The Balaban J connectivity index is 2.90. The molecular formula is C14H18O4. The molecule has 1 aromatic carbocycles. The van der Waals surface area contributed by atoms with Crippen LogP contribution in [0.2, 0.25) is 0 Å². The van der Waals surface area contributed by atoms with Gasteiger partial charge in [-0.05, 0) is 24.6 Å². The third-order valence-corrected chi connectivity index (χ3v) is 2.66. The summed E-state index contributed by atoms with van der Waals surface area (Å²) in [7, 11) is 2.91. The van der Waals surface area contributed by atoms with E-state index < -0.39 is 12.1 Å². The van der Waals surface area contributed by atoms with E-state index in [-0.39, 0.29) is 5.92 Å². The highest BCUT2D eigenvalue weighted by molar-refractivity contribution is 5.81. The first-order valence-electron chi connectivity index (χ1n) is 5.66. The Morgan fingerprint density at radius 3 is 2.33 bits per heavy atom. The Hall–Kier alpha value is -1.81. The maximum absolute atomic E-state index is 11.1. The van der Waals surface area contributed by atoms with Gasteiger partial charge in [0, 0.05) is 12.0 Å². The van der Waals surface area contributed by atoms with Gasteiger partial charge in [0.1, 0.15) is 5.75 Å². The third-order valence-electron chi connectivity index (χ3n) is 2.66. The Labute approximate surface area is 107 Å². The van der Waals surface area contributed by atoms with E-state index in [0.717, 1.165) is 11.3 Å². The highest BCUT2D eigenvalue weighted by Gasteiger charge is 2.14. The minimum atomic E-state index is -0.598. The number of aliphatic hydroxyl groups is 1. The van der Waals surface area contributed by atoms with Crippen LogP contribution in [-0.4, -0.2) is 31.4 Å². The average molecular weight is 250 g/mol. The summed E-state index contributed by atoms with van der Waals surface area (Å²) in [6.45, 7) is 1.68. The average Bonchev–Trinajstić information content (AvgIpc) is 2.39. The van der Waals surface area contributed by atoms with Crippen molar-refractivity contribution in [3.63, 3.8) is 0 Å².